The van der Waals surface area contributed by atoms with Gasteiger partial charge in [-0.25, -0.2) is 0 Å². The number of anilines is 2. The minimum atomic E-state index is -0.144. The lowest BCUT2D eigenvalue weighted by molar-refractivity contribution is -0.113. The average molecular weight is 484 g/mol. The van der Waals surface area contributed by atoms with Gasteiger partial charge >= 0.3 is 0 Å². The molecule has 35 heavy (non-hydrogen) atoms. The van der Waals surface area contributed by atoms with Crippen LogP contribution < -0.4 is 10.2 Å². The van der Waals surface area contributed by atoms with Crippen LogP contribution >= 0.6 is 11.8 Å². The highest BCUT2D eigenvalue weighted by Gasteiger charge is 2.25. The Morgan fingerprint density at radius 2 is 1.69 bits per heavy atom. The molecule has 8 heteroatoms. The third-order valence-electron chi connectivity index (χ3n) is 5.97. The Hall–Kier alpha value is -3.91. The molecular weight excluding hydrogens is 458 g/mol. The molecular formula is C27H25N5O2S. The first-order valence-corrected chi connectivity index (χ1v) is 12.4. The molecule has 0 saturated heterocycles. The second kappa shape index (κ2) is 10.1. The minimum Gasteiger partial charge on any atom is -0.325 e. The van der Waals surface area contributed by atoms with E-state index in [1.807, 2.05) is 52.8 Å². The maximum atomic E-state index is 13.0. The zero-order chi connectivity index (χ0) is 24.2. The number of hydrogen-bond donors (Lipinski definition) is 1. The first-order valence-electron chi connectivity index (χ1n) is 11.4. The van der Waals surface area contributed by atoms with E-state index in [2.05, 4.69) is 33.7 Å². The van der Waals surface area contributed by atoms with E-state index in [0.717, 1.165) is 23.5 Å². The fourth-order valence-corrected chi connectivity index (χ4v) is 4.93. The smallest absolute Gasteiger partial charge is 0.258 e. The molecule has 2 heterocycles. The Morgan fingerprint density at radius 3 is 2.49 bits per heavy atom. The molecule has 1 aliphatic rings. The molecule has 2 amide bonds. The maximum Gasteiger partial charge on any atom is 0.258 e. The molecule has 4 aromatic rings. The maximum absolute atomic E-state index is 13.0. The topological polar surface area (TPSA) is 80.1 Å². The fourth-order valence-electron chi connectivity index (χ4n) is 4.14. The lowest BCUT2D eigenvalue weighted by Gasteiger charge is -2.17. The van der Waals surface area contributed by atoms with E-state index in [0.29, 0.717) is 29.5 Å². The molecule has 0 unspecified atom stereocenters. The summed E-state index contributed by atoms with van der Waals surface area (Å²) in [5.74, 6) is 0.835. The van der Waals surface area contributed by atoms with Crippen molar-refractivity contribution in [1.29, 1.82) is 0 Å². The van der Waals surface area contributed by atoms with Crippen molar-refractivity contribution in [3.8, 4) is 0 Å². The van der Waals surface area contributed by atoms with E-state index < -0.39 is 0 Å². The van der Waals surface area contributed by atoms with Gasteiger partial charge in [0.05, 0.1) is 12.3 Å². The summed E-state index contributed by atoms with van der Waals surface area (Å²) < 4.78 is 2.00. The van der Waals surface area contributed by atoms with Crippen molar-refractivity contribution in [2.45, 2.75) is 25.0 Å². The molecule has 0 atom stereocenters. The average Bonchev–Trinajstić information content (AvgIpc) is 3.47. The Bertz CT molecular complexity index is 1350. The SMILES string of the molecule is Cc1nnc(SCC(=O)Nc2ccc(C(=O)N3CCc4ccccc43)cc2)n1Cc1ccccc1. The van der Waals surface area contributed by atoms with Crippen LogP contribution in [0.25, 0.3) is 0 Å². The monoisotopic (exact) mass is 483 g/mol. The molecule has 1 N–H and O–H groups in total. The van der Waals surface area contributed by atoms with Gasteiger partial charge in [0, 0.05) is 23.5 Å². The van der Waals surface area contributed by atoms with Gasteiger partial charge in [-0.1, -0.05) is 60.3 Å². The highest BCUT2D eigenvalue weighted by Crippen LogP contribution is 2.29. The number of benzene rings is 3. The number of rotatable bonds is 7. The highest BCUT2D eigenvalue weighted by molar-refractivity contribution is 7.99. The number of amides is 2. The van der Waals surface area contributed by atoms with Gasteiger partial charge in [-0.2, -0.15) is 0 Å². The van der Waals surface area contributed by atoms with E-state index >= 15 is 0 Å². The standard InChI is InChI=1S/C27H25N5O2S/c1-19-29-30-27(32(19)17-20-7-3-2-4-8-20)35-18-25(33)28-23-13-11-22(12-14-23)26(34)31-16-15-21-9-5-6-10-24(21)31/h2-14H,15-18H2,1H3,(H,28,33). The van der Waals surface area contributed by atoms with Crippen molar-refractivity contribution < 1.29 is 9.59 Å². The predicted octanol–water partition coefficient (Wildman–Crippen LogP) is 4.57. The molecule has 0 spiro atoms. The van der Waals surface area contributed by atoms with Crippen LogP contribution in [-0.4, -0.2) is 38.9 Å². The van der Waals surface area contributed by atoms with Crippen molar-refractivity contribution in [3.63, 3.8) is 0 Å². The van der Waals surface area contributed by atoms with Gasteiger partial charge in [0.25, 0.3) is 5.91 Å². The quantitative estimate of drug-likeness (QED) is 0.390. The van der Waals surface area contributed by atoms with Gasteiger partial charge in [-0.05, 0) is 54.8 Å². The van der Waals surface area contributed by atoms with Crippen LogP contribution in [0.1, 0.15) is 27.3 Å². The van der Waals surface area contributed by atoms with E-state index in [9.17, 15) is 9.59 Å². The zero-order valence-corrected chi connectivity index (χ0v) is 20.2. The summed E-state index contributed by atoms with van der Waals surface area (Å²) in [5, 5.41) is 12.0. The van der Waals surface area contributed by atoms with Crippen LogP contribution in [0, 0.1) is 6.92 Å². The van der Waals surface area contributed by atoms with Crippen molar-refractivity contribution in [2.24, 2.45) is 0 Å². The largest absolute Gasteiger partial charge is 0.325 e. The predicted molar refractivity (Wildman–Crippen MR) is 138 cm³/mol. The highest BCUT2D eigenvalue weighted by atomic mass is 32.2. The Labute approximate surface area is 208 Å². The summed E-state index contributed by atoms with van der Waals surface area (Å²) in [4.78, 5) is 27.4. The van der Waals surface area contributed by atoms with Crippen LogP contribution in [0.5, 0.6) is 0 Å². The summed E-state index contributed by atoms with van der Waals surface area (Å²) in [7, 11) is 0. The number of carbonyl (C=O) groups excluding carboxylic acids is 2. The van der Waals surface area contributed by atoms with Crippen molar-refractivity contribution in [2.75, 3.05) is 22.5 Å². The van der Waals surface area contributed by atoms with Crippen molar-refractivity contribution in [1.82, 2.24) is 14.8 Å². The number of carbonyl (C=O) groups is 2. The lowest BCUT2D eigenvalue weighted by atomic mass is 10.1. The van der Waals surface area contributed by atoms with Crippen LogP contribution in [0.3, 0.4) is 0 Å². The molecule has 1 aliphatic heterocycles. The van der Waals surface area contributed by atoms with E-state index in [1.54, 1.807) is 24.3 Å². The third-order valence-corrected chi connectivity index (χ3v) is 6.93. The van der Waals surface area contributed by atoms with Crippen molar-refractivity contribution in [3.05, 3.63) is 101 Å². The number of para-hydroxylation sites is 1. The molecule has 3 aromatic carbocycles. The number of thioether (sulfide) groups is 1. The van der Waals surface area contributed by atoms with Gasteiger partial charge in [0.2, 0.25) is 5.91 Å². The number of hydrogen-bond acceptors (Lipinski definition) is 5. The lowest BCUT2D eigenvalue weighted by Crippen LogP contribution is -2.28. The molecule has 0 bridgehead atoms. The summed E-state index contributed by atoms with van der Waals surface area (Å²) >= 11 is 1.35. The van der Waals surface area contributed by atoms with Crippen LogP contribution in [0.4, 0.5) is 11.4 Å². The second-order valence-corrected chi connectivity index (χ2v) is 9.29. The molecule has 0 aliphatic carbocycles. The van der Waals surface area contributed by atoms with Crippen molar-refractivity contribution >= 4 is 35.0 Å². The molecule has 0 fully saturated rings. The fraction of sp³-hybridized carbons (Fsp3) is 0.185. The number of nitrogens with zero attached hydrogens (tertiary/aromatic N) is 4. The van der Waals surface area contributed by atoms with Crippen LogP contribution in [0.2, 0.25) is 0 Å². The zero-order valence-electron chi connectivity index (χ0n) is 19.3. The number of aromatic nitrogens is 3. The van der Waals surface area contributed by atoms with Gasteiger partial charge < -0.3 is 14.8 Å². The number of fused-ring (bicyclic) bond motifs is 1. The molecule has 5 rings (SSSR count). The first kappa shape index (κ1) is 22.9. The molecule has 0 saturated carbocycles. The number of aryl methyl sites for hydroxylation is 1. The van der Waals surface area contributed by atoms with Gasteiger partial charge in [-0.15, -0.1) is 10.2 Å². The van der Waals surface area contributed by atoms with Gasteiger partial charge in [0.1, 0.15) is 5.82 Å². The third kappa shape index (κ3) is 5.12. The molecule has 7 nitrogen and oxygen atoms in total. The van der Waals surface area contributed by atoms with Gasteiger partial charge in [-0.3, -0.25) is 9.59 Å². The van der Waals surface area contributed by atoms with Gasteiger partial charge in [0.15, 0.2) is 5.16 Å². The second-order valence-electron chi connectivity index (χ2n) is 8.35. The molecule has 1 aromatic heterocycles. The summed E-state index contributed by atoms with van der Waals surface area (Å²) in [6, 6.07) is 25.1. The van der Waals surface area contributed by atoms with E-state index in [4.69, 9.17) is 0 Å². The molecule has 0 radical (unpaired) electrons. The number of nitrogens with one attached hydrogen (secondary N) is 1. The Kier molecular flexibility index (Phi) is 6.63. The first-order chi connectivity index (χ1) is 17.1. The van der Waals surface area contributed by atoms with E-state index in [-0.39, 0.29) is 17.6 Å². The summed E-state index contributed by atoms with van der Waals surface area (Å²) in [5.41, 5.74) is 4.56. The van der Waals surface area contributed by atoms with Crippen LogP contribution in [0.15, 0.2) is 84.0 Å². The Balaban J connectivity index is 1.18. The Morgan fingerprint density at radius 1 is 0.943 bits per heavy atom. The summed E-state index contributed by atoms with van der Waals surface area (Å²) in [6.07, 6.45) is 0.867. The summed E-state index contributed by atoms with van der Waals surface area (Å²) in [6.45, 7) is 3.24. The minimum absolute atomic E-state index is 0.0310. The van der Waals surface area contributed by atoms with E-state index in [1.165, 1.54) is 17.3 Å². The van der Waals surface area contributed by atoms with Crippen LogP contribution in [-0.2, 0) is 17.8 Å². The molecule has 176 valence electrons. The normalized spacial score (nSPS) is 12.4.